The molecule has 0 bridgehead atoms. The van der Waals surface area contributed by atoms with Gasteiger partial charge in [-0.25, -0.2) is 4.79 Å². The fourth-order valence-electron chi connectivity index (χ4n) is 1.18. The van der Waals surface area contributed by atoms with Crippen LogP contribution in [-0.2, 0) is 4.79 Å². The molecule has 0 spiro atoms. The fourth-order valence-corrected chi connectivity index (χ4v) is 1.57. The second-order valence-electron chi connectivity index (χ2n) is 3.46. The Balaban J connectivity index is 2.53. The molecule has 0 unspecified atom stereocenters. The van der Waals surface area contributed by atoms with Crippen molar-refractivity contribution >= 4 is 33.6 Å². The molecule has 0 fully saturated rings. The van der Waals surface area contributed by atoms with Gasteiger partial charge >= 0.3 is 6.03 Å². The SMILES string of the molecule is CNC(=O)NC(=O)CNc1cc(C)ccc1Br. The standard InChI is InChI=1S/C11H14BrN3O2/c1-7-3-4-8(12)9(5-7)14-6-10(16)15-11(17)13-2/h3-5,14H,6H2,1-2H3,(H2,13,15,16,17). The third kappa shape index (κ3) is 4.44. The van der Waals surface area contributed by atoms with E-state index in [1.54, 1.807) is 0 Å². The Morgan fingerprint density at radius 2 is 2.06 bits per heavy atom. The number of rotatable bonds is 3. The molecule has 3 amide bonds. The van der Waals surface area contributed by atoms with E-state index in [4.69, 9.17) is 0 Å². The summed E-state index contributed by atoms with van der Waals surface area (Å²) >= 11 is 3.37. The average molecular weight is 300 g/mol. The first-order valence-corrected chi connectivity index (χ1v) is 5.84. The van der Waals surface area contributed by atoms with E-state index in [2.05, 4.69) is 31.9 Å². The van der Waals surface area contributed by atoms with Crippen molar-refractivity contribution < 1.29 is 9.59 Å². The monoisotopic (exact) mass is 299 g/mol. The van der Waals surface area contributed by atoms with Gasteiger partial charge in [-0.1, -0.05) is 6.07 Å². The minimum absolute atomic E-state index is 0.0372. The van der Waals surface area contributed by atoms with Crippen LogP contribution in [0.1, 0.15) is 5.56 Å². The number of urea groups is 1. The largest absolute Gasteiger partial charge is 0.375 e. The molecule has 92 valence electrons. The van der Waals surface area contributed by atoms with Gasteiger partial charge in [0.2, 0.25) is 5.91 Å². The third-order valence-corrected chi connectivity index (χ3v) is 2.73. The van der Waals surface area contributed by atoms with Crippen LogP contribution in [0.25, 0.3) is 0 Å². The Bertz CT molecular complexity index is 435. The van der Waals surface area contributed by atoms with Crippen LogP contribution in [-0.4, -0.2) is 25.5 Å². The number of anilines is 1. The molecule has 0 saturated heterocycles. The highest BCUT2D eigenvalue weighted by Crippen LogP contribution is 2.22. The van der Waals surface area contributed by atoms with Crippen LogP contribution in [0.4, 0.5) is 10.5 Å². The molecule has 0 radical (unpaired) electrons. The summed E-state index contributed by atoms with van der Waals surface area (Å²) in [5.41, 5.74) is 1.90. The van der Waals surface area contributed by atoms with Crippen LogP contribution in [0.15, 0.2) is 22.7 Å². The minimum Gasteiger partial charge on any atom is -0.375 e. The summed E-state index contributed by atoms with van der Waals surface area (Å²) in [6, 6.07) is 5.26. The maximum absolute atomic E-state index is 11.3. The van der Waals surface area contributed by atoms with Gasteiger partial charge < -0.3 is 10.6 Å². The zero-order valence-corrected chi connectivity index (χ0v) is 11.2. The highest BCUT2D eigenvalue weighted by atomic mass is 79.9. The molecular formula is C11H14BrN3O2. The number of hydrogen-bond donors (Lipinski definition) is 3. The highest BCUT2D eigenvalue weighted by molar-refractivity contribution is 9.10. The van der Waals surface area contributed by atoms with E-state index >= 15 is 0 Å². The molecule has 0 saturated carbocycles. The van der Waals surface area contributed by atoms with Gasteiger partial charge in [0.25, 0.3) is 0 Å². The molecule has 1 aromatic rings. The second-order valence-corrected chi connectivity index (χ2v) is 4.32. The first kappa shape index (κ1) is 13.5. The summed E-state index contributed by atoms with van der Waals surface area (Å²) in [4.78, 5) is 22.2. The molecule has 0 aromatic heterocycles. The van der Waals surface area contributed by atoms with Gasteiger partial charge in [0.05, 0.1) is 6.54 Å². The number of nitrogens with one attached hydrogen (secondary N) is 3. The Morgan fingerprint density at radius 1 is 1.35 bits per heavy atom. The van der Waals surface area contributed by atoms with Crippen molar-refractivity contribution in [3.63, 3.8) is 0 Å². The van der Waals surface area contributed by atoms with Crippen LogP contribution in [0, 0.1) is 6.92 Å². The van der Waals surface area contributed by atoms with Gasteiger partial charge in [0.15, 0.2) is 0 Å². The van der Waals surface area contributed by atoms with E-state index in [-0.39, 0.29) is 6.54 Å². The summed E-state index contributed by atoms with van der Waals surface area (Å²) in [7, 11) is 1.45. The van der Waals surface area contributed by atoms with Crippen LogP contribution in [0.2, 0.25) is 0 Å². The molecule has 0 heterocycles. The van der Waals surface area contributed by atoms with Gasteiger partial charge in [-0.15, -0.1) is 0 Å². The predicted molar refractivity (Wildman–Crippen MR) is 70.0 cm³/mol. The van der Waals surface area contributed by atoms with Gasteiger partial charge in [0.1, 0.15) is 0 Å². The molecular weight excluding hydrogens is 286 g/mol. The highest BCUT2D eigenvalue weighted by Gasteiger charge is 2.06. The maximum atomic E-state index is 11.3. The van der Waals surface area contributed by atoms with Gasteiger partial charge in [-0.2, -0.15) is 0 Å². The van der Waals surface area contributed by atoms with Crippen molar-refractivity contribution in [2.24, 2.45) is 0 Å². The van der Waals surface area contributed by atoms with E-state index in [0.717, 1.165) is 15.7 Å². The van der Waals surface area contributed by atoms with E-state index in [1.807, 2.05) is 25.1 Å². The van der Waals surface area contributed by atoms with Crippen LogP contribution >= 0.6 is 15.9 Å². The van der Waals surface area contributed by atoms with E-state index in [0.29, 0.717) is 0 Å². The Labute approximate surface area is 108 Å². The van der Waals surface area contributed by atoms with E-state index in [9.17, 15) is 9.59 Å². The topological polar surface area (TPSA) is 70.2 Å². The number of aryl methyl sites for hydroxylation is 1. The molecule has 1 rings (SSSR count). The van der Waals surface area contributed by atoms with Crippen molar-refractivity contribution in [1.29, 1.82) is 0 Å². The Hall–Kier alpha value is -1.56. The van der Waals surface area contributed by atoms with Gasteiger partial charge in [-0.05, 0) is 40.5 Å². The molecule has 0 atom stereocenters. The van der Waals surface area contributed by atoms with Crippen molar-refractivity contribution in [2.75, 3.05) is 18.9 Å². The Kier molecular flexibility index (Phi) is 4.96. The number of hydrogen-bond acceptors (Lipinski definition) is 3. The average Bonchev–Trinajstić information content (AvgIpc) is 2.30. The normalized spacial score (nSPS) is 9.59. The molecule has 0 aliphatic carbocycles. The molecule has 6 heteroatoms. The quantitative estimate of drug-likeness (QED) is 0.794. The van der Waals surface area contributed by atoms with Crippen LogP contribution in [0.5, 0.6) is 0 Å². The molecule has 17 heavy (non-hydrogen) atoms. The summed E-state index contributed by atoms with van der Waals surface area (Å²) in [6.07, 6.45) is 0. The zero-order chi connectivity index (χ0) is 12.8. The number of carbonyl (C=O) groups excluding carboxylic acids is 2. The van der Waals surface area contributed by atoms with E-state index in [1.165, 1.54) is 7.05 Å². The maximum Gasteiger partial charge on any atom is 0.321 e. The van der Waals surface area contributed by atoms with Gasteiger partial charge in [0, 0.05) is 17.2 Å². The fraction of sp³-hybridized carbons (Fsp3) is 0.273. The zero-order valence-electron chi connectivity index (χ0n) is 9.63. The summed E-state index contributed by atoms with van der Waals surface area (Å²) in [6.45, 7) is 2.00. The van der Waals surface area contributed by atoms with Crippen LogP contribution in [0.3, 0.4) is 0 Å². The summed E-state index contributed by atoms with van der Waals surface area (Å²) < 4.78 is 0.871. The first-order valence-electron chi connectivity index (χ1n) is 5.04. The van der Waals surface area contributed by atoms with E-state index < -0.39 is 11.9 Å². The minimum atomic E-state index is -0.514. The first-order chi connectivity index (χ1) is 8.02. The number of imide groups is 1. The lowest BCUT2D eigenvalue weighted by Crippen LogP contribution is -2.40. The number of carbonyl (C=O) groups is 2. The molecule has 0 aliphatic heterocycles. The van der Waals surface area contributed by atoms with Crippen LogP contribution < -0.4 is 16.0 Å². The number of amides is 3. The summed E-state index contributed by atoms with van der Waals surface area (Å²) in [5.74, 6) is -0.391. The lowest BCUT2D eigenvalue weighted by molar-refractivity contribution is -0.118. The second kappa shape index (κ2) is 6.24. The smallest absolute Gasteiger partial charge is 0.321 e. The van der Waals surface area contributed by atoms with Crippen molar-refractivity contribution in [2.45, 2.75) is 6.92 Å². The van der Waals surface area contributed by atoms with Crippen molar-refractivity contribution in [3.05, 3.63) is 28.2 Å². The summed E-state index contributed by atoms with van der Waals surface area (Å²) in [5, 5.41) is 7.42. The molecule has 0 aliphatic rings. The molecule has 3 N–H and O–H groups in total. The molecule has 1 aromatic carbocycles. The lowest BCUT2D eigenvalue weighted by atomic mass is 10.2. The molecule has 5 nitrogen and oxygen atoms in total. The number of halogens is 1. The van der Waals surface area contributed by atoms with Gasteiger partial charge in [-0.3, -0.25) is 10.1 Å². The third-order valence-electron chi connectivity index (χ3n) is 2.04. The van der Waals surface area contributed by atoms with Crippen molar-refractivity contribution in [3.8, 4) is 0 Å². The lowest BCUT2D eigenvalue weighted by Gasteiger charge is -2.09. The van der Waals surface area contributed by atoms with Crippen molar-refractivity contribution in [1.82, 2.24) is 10.6 Å². The Morgan fingerprint density at radius 3 is 2.71 bits per heavy atom. The predicted octanol–water partition coefficient (Wildman–Crippen LogP) is 1.63. The number of benzene rings is 1.